The van der Waals surface area contributed by atoms with Gasteiger partial charge in [0.15, 0.2) is 0 Å². The first-order valence-corrected chi connectivity index (χ1v) is 11.2. The van der Waals surface area contributed by atoms with Gasteiger partial charge >= 0.3 is 6.09 Å². The van der Waals surface area contributed by atoms with Crippen LogP contribution < -0.4 is 15.5 Å². The maximum absolute atomic E-state index is 11.8. The summed E-state index contributed by atoms with van der Waals surface area (Å²) in [7, 11) is 0. The number of piperidine rings is 1. The summed E-state index contributed by atoms with van der Waals surface area (Å²) >= 11 is 7.79. The van der Waals surface area contributed by atoms with Gasteiger partial charge in [0, 0.05) is 36.2 Å². The van der Waals surface area contributed by atoms with E-state index in [-0.39, 0.29) is 11.0 Å². The number of rotatable bonds is 5. The molecule has 1 atom stereocenters. The van der Waals surface area contributed by atoms with Crippen LogP contribution in [0.4, 0.5) is 10.6 Å². The van der Waals surface area contributed by atoms with Crippen molar-refractivity contribution in [3.63, 3.8) is 0 Å². The van der Waals surface area contributed by atoms with Gasteiger partial charge in [-0.3, -0.25) is 0 Å². The lowest BCUT2D eigenvalue weighted by Gasteiger charge is -2.42. The lowest BCUT2D eigenvalue weighted by Crippen LogP contribution is -2.52. The van der Waals surface area contributed by atoms with E-state index in [0.717, 1.165) is 47.7 Å². The minimum atomic E-state index is -0.362. The van der Waals surface area contributed by atoms with E-state index in [9.17, 15) is 4.79 Å². The Morgan fingerprint density at radius 1 is 1.38 bits per heavy atom. The lowest BCUT2D eigenvalue weighted by molar-refractivity contribution is 0.111. The summed E-state index contributed by atoms with van der Waals surface area (Å²) in [5.74, 6) is 1.39. The van der Waals surface area contributed by atoms with Gasteiger partial charge in [-0.25, -0.2) is 9.78 Å². The second-order valence-electron chi connectivity index (χ2n) is 7.33. The van der Waals surface area contributed by atoms with Gasteiger partial charge < -0.3 is 20.3 Å². The maximum atomic E-state index is 11.8. The van der Waals surface area contributed by atoms with Crippen molar-refractivity contribution in [3.8, 4) is 0 Å². The zero-order valence-corrected chi connectivity index (χ0v) is 17.9. The van der Waals surface area contributed by atoms with Crippen LogP contribution in [0.5, 0.6) is 0 Å². The van der Waals surface area contributed by atoms with Gasteiger partial charge in [-0.1, -0.05) is 11.6 Å². The molecule has 8 heteroatoms. The van der Waals surface area contributed by atoms with Gasteiger partial charge in [0.25, 0.3) is 0 Å². The number of nitrogens with zero attached hydrogens (tertiary/aromatic N) is 2. The number of thioether (sulfide) groups is 1. The van der Waals surface area contributed by atoms with E-state index in [0.29, 0.717) is 19.1 Å². The highest BCUT2D eigenvalue weighted by molar-refractivity contribution is 8.03. The molecule has 4 rings (SSSR count). The fraction of sp³-hybridized carbons (Fsp3) is 0.429. The molecule has 6 nitrogen and oxygen atoms in total. The highest BCUT2D eigenvalue weighted by Crippen LogP contribution is 2.41. The Labute approximate surface area is 180 Å². The lowest BCUT2D eigenvalue weighted by atomic mass is 9.89. The molecule has 2 aromatic rings. The second-order valence-corrected chi connectivity index (χ2v) is 9.00. The van der Waals surface area contributed by atoms with Crippen LogP contribution in [-0.2, 0) is 4.74 Å². The number of carbonyl (C=O) groups is 1. The number of anilines is 1. The van der Waals surface area contributed by atoms with Gasteiger partial charge in [-0.2, -0.15) is 0 Å². The first-order chi connectivity index (χ1) is 14.1. The monoisotopic (exact) mass is 432 g/mol. The average Bonchev–Trinajstić information content (AvgIpc) is 3.22. The fourth-order valence-corrected chi connectivity index (χ4v) is 5.23. The molecule has 1 saturated heterocycles. The molecule has 2 N–H and O–H groups in total. The Morgan fingerprint density at radius 3 is 2.93 bits per heavy atom. The standard InChI is InChI=1S/C21H25ClN4O2S/c1-2-23-20(27)28-14-21(24-9-12-29-21)16-7-10-26(11-8-16)19-6-3-15-13-17(22)4-5-18(15)25-19/h3-6,9,12-13,16,24H,2,7-8,10-11,14H2,1H3,(H,23,27). The molecule has 0 bridgehead atoms. The van der Waals surface area contributed by atoms with Gasteiger partial charge in [-0.05, 0) is 61.4 Å². The molecule has 1 unspecified atom stereocenters. The van der Waals surface area contributed by atoms with Crippen LogP contribution >= 0.6 is 23.4 Å². The maximum Gasteiger partial charge on any atom is 0.407 e. The third-order valence-electron chi connectivity index (χ3n) is 5.53. The third kappa shape index (κ3) is 4.41. The number of benzene rings is 1. The number of hydrogen-bond donors (Lipinski definition) is 2. The van der Waals surface area contributed by atoms with E-state index in [1.165, 1.54) is 0 Å². The summed E-state index contributed by atoms with van der Waals surface area (Å²) in [6.07, 6.45) is 3.59. The molecule has 1 aromatic carbocycles. The van der Waals surface area contributed by atoms with Crippen molar-refractivity contribution in [2.45, 2.75) is 24.6 Å². The van der Waals surface area contributed by atoms with Crippen LogP contribution in [0.15, 0.2) is 41.9 Å². The molecular weight excluding hydrogens is 408 g/mol. The van der Waals surface area contributed by atoms with E-state index < -0.39 is 0 Å². The number of hydrogen-bond acceptors (Lipinski definition) is 6. The van der Waals surface area contributed by atoms with Crippen LogP contribution in [-0.4, -0.2) is 42.2 Å². The fourth-order valence-electron chi connectivity index (χ4n) is 3.98. The second kappa shape index (κ2) is 8.71. The normalized spacial score (nSPS) is 21.9. The zero-order valence-electron chi connectivity index (χ0n) is 16.4. The van der Waals surface area contributed by atoms with Crippen LogP contribution in [0, 0.1) is 5.92 Å². The molecule has 0 spiro atoms. The predicted molar refractivity (Wildman–Crippen MR) is 119 cm³/mol. The van der Waals surface area contributed by atoms with Gasteiger partial charge in [0.1, 0.15) is 17.3 Å². The molecule has 0 aliphatic carbocycles. The largest absolute Gasteiger partial charge is 0.446 e. The number of amides is 1. The summed E-state index contributed by atoms with van der Waals surface area (Å²) in [4.78, 5) is 18.6. The molecule has 1 aromatic heterocycles. The number of ether oxygens (including phenoxy) is 1. The van der Waals surface area contributed by atoms with Crippen molar-refractivity contribution >= 4 is 46.2 Å². The van der Waals surface area contributed by atoms with Crippen molar-refractivity contribution in [2.75, 3.05) is 31.1 Å². The van der Waals surface area contributed by atoms with Crippen molar-refractivity contribution in [1.82, 2.24) is 15.6 Å². The van der Waals surface area contributed by atoms with E-state index >= 15 is 0 Å². The number of nitrogens with one attached hydrogen (secondary N) is 2. The summed E-state index contributed by atoms with van der Waals surface area (Å²) in [5.41, 5.74) is 0.957. The number of alkyl carbamates (subject to hydrolysis) is 1. The minimum Gasteiger partial charge on any atom is -0.446 e. The van der Waals surface area contributed by atoms with Crippen molar-refractivity contribution in [1.29, 1.82) is 0 Å². The number of aromatic nitrogens is 1. The molecule has 0 saturated carbocycles. The summed E-state index contributed by atoms with van der Waals surface area (Å²) in [6.45, 7) is 4.63. The van der Waals surface area contributed by atoms with E-state index in [2.05, 4.69) is 27.7 Å². The number of halogens is 1. The molecule has 0 radical (unpaired) electrons. The van der Waals surface area contributed by atoms with E-state index in [1.807, 2.05) is 36.7 Å². The van der Waals surface area contributed by atoms with Gasteiger partial charge in [0.2, 0.25) is 0 Å². The molecule has 3 heterocycles. The van der Waals surface area contributed by atoms with Crippen molar-refractivity contribution in [3.05, 3.63) is 47.0 Å². The number of pyridine rings is 1. The zero-order chi connectivity index (χ0) is 20.3. The SMILES string of the molecule is CCNC(=O)OCC1(C2CCN(c3ccc4cc(Cl)ccc4n3)CC2)NC=CS1. The average molecular weight is 433 g/mol. The molecule has 154 valence electrons. The Morgan fingerprint density at radius 2 is 2.21 bits per heavy atom. The van der Waals surface area contributed by atoms with Crippen LogP contribution in [0.1, 0.15) is 19.8 Å². The Bertz CT molecular complexity index is 907. The third-order valence-corrected chi connectivity index (χ3v) is 7.02. The summed E-state index contributed by atoms with van der Waals surface area (Å²) in [6, 6.07) is 9.93. The molecule has 1 fully saturated rings. The molecule has 1 amide bonds. The van der Waals surface area contributed by atoms with Crippen LogP contribution in [0.3, 0.4) is 0 Å². The Balaban J connectivity index is 1.41. The highest BCUT2D eigenvalue weighted by Gasteiger charge is 2.43. The highest BCUT2D eigenvalue weighted by atomic mass is 35.5. The molecule has 2 aliphatic rings. The van der Waals surface area contributed by atoms with Gasteiger partial charge in [-0.15, -0.1) is 11.8 Å². The van der Waals surface area contributed by atoms with Crippen molar-refractivity contribution < 1.29 is 9.53 Å². The predicted octanol–water partition coefficient (Wildman–Crippen LogP) is 4.35. The summed E-state index contributed by atoms with van der Waals surface area (Å²) < 4.78 is 5.48. The van der Waals surface area contributed by atoms with Crippen LogP contribution in [0.2, 0.25) is 5.02 Å². The van der Waals surface area contributed by atoms with E-state index in [4.69, 9.17) is 21.3 Å². The topological polar surface area (TPSA) is 66.5 Å². The van der Waals surface area contributed by atoms with Crippen molar-refractivity contribution in [2.24, 2.45) is 5.92 Å². The molecular formula is C21H25ClN4O2S. The van der Waals surface area contributed by atoms with Crippen LogP contribution in [0.25, 0.3) is 10.9 Å². The number of fused-ring (bicyclic) bond motifs is 1. The molecule has 29 heavy (non-hydrogen) atoms. The van der Waals surface area contributed by atoms with E-state index in [1.54, 1.807) is 11.8 Å². The summed E-state index contributed by atoms with van der Waals surface area (Å²) in [5, 5.41) is 9.97. The minimum absolute atomic E-state index is 0.287. The Hall–Kier alpha value is -2.12. The number of carbonyl (C=O) groups excluding carboxylic acids is 1. The quantitative estimate of drug-likeness (QED) is 0.732. The first kappa shape index (κ1) is 20.2. The Kier molecular flexibility index (Phi) is 6.06. The van der Waals surface area contributed by atoms with Gasteiger partial charge in [0.05, 0.1) is 5.52 Å². The smallest absolute Gasteiger partial charge is 0.407 e. The first-order valence-electron chi connectivity index (χ1n) is 9.92. The molecule has 2 aliphatic heterocycles.